The molecule has 1 aliphatic rings. The third-order valence-corrected chi connectivity index (χ3v) is 5.08. The van der Waals surface area contributed by atoms with E-state index in [2.05, 4.69) is 5.10 Å². The van der Waals surface area contributed by atoms with Crippen LogP contribution >= 0.6 is 11.3 Å². The van der Waals surface area contributed by atoms with Crippen LogP contribution in [0.3, 0.4) is 0 Å². The molecule has 0 spiro atoms. The Labute approximate surface area is 138 Å². The molecule has 6 nitrogen and oxygen atoms in total. The molecular weight excluding hydrogens is 312 g/mol. The summed E-state index contributed by atoms with van der Waals surface area (Å²) in [6, 6.07) is 5.60. The second-order valence-electron chi connectivity index (χ2n) is 5.86. The highest BCUT2D eigenvalue weighted by Crippen LogP contribution is 2.23. The Morgan fingerprint density at radius 1 is 1.48 bits per heavy atom. The Hall–Kier alpha value is -2.15. The summed E-state index contributed by atoms with van der Waals surface area (Å²) in [5.74, 6) is -0.0745. The normalized spacial score (nSPS) is 18.1. The van der Waals surface area contributed by atoms with Crippen molar-refractivity contribution in [3.8, 4) is 10.6 Å². The molecule has 1 saturated heterocycles. The summed E-state index contributed by atoms with van der Waals surface area (Å²) in [6.07, 6.45) is 3.16. The SMILES string of the molecule is C[C@H]1CCCCN1C(=O)Cn1nc(-c2cccs2)cc(N)c1=O. The van der Waals surface area contributed by atoms with Gasteiger partial charge in [0.15, 0.2) is 0 Å². The topological polar surface area (TPSA) is 81.2 Å². The van der Waals surface area contributed by atoms with Crippen LogP contribution in [0.25, 0.3) is 10.6 Å². The fourth-order valence-corrected chi connectivity index (χ4v) is 3.58. The molecule has 122 valence electrons. The molecule has 0 bridgehead atoms. The van der Waals surface area contributed by atoms with Gasteiger partial charge in [-0.3, -0.25) is 9.59 Å². The van der Waals surface area contributed by atoms with Gasteiger partial charge in [-0.1, -0.05) is 6.07 Å². The van der Waals surface area contributed by atoms with E-state index in [1.54, 1.807) is 6.07 Å². The minimum absolute atomic E-state index is 0.0629. The fourth-order valence-electron chi connectivity index (χ4n) is 2.90. The minimum Gasteiger partial charge on any atom is -0.394 e. The first kappa shape index (κ1) is 15.7. The lowest BCUT2D eigenvalue weighted by molar-refractivity contribution is -0.135. The molecule has 2 aromatic heterocycles. The molecule has 23 heavy (non-hydrogen) atoms. The second kappa shape index (κ2) is 6.54. The quantitative estimate of drug-likeness (QED) is 0.931. The molecule has 0 aromatic carbocycles. The van der Waals surface area contributed by atoms with Gasteiger partial charge in [0.25, 0.3) is 5.56 Å². The van der Waals surface area contributed by atoms with Gasteiger partial charge in [0.2, 0.25) is 5.91 Å². The van der Waals surface area contributed by atoms with Gasteiger partial charge in [0.1, 0.15) is 17.9 Å². The Kier molecular flexibility index (Phi) is 4.47. The molecule has 2 N–H and O–H groups in total. The molecule has 0 radical (unpaired) electrons. The predicted octanol–water partition coefficient (Wildman–Crippen LogP) is 1.96. The van der Waals surface area contributed by atoms with Gasteiger partial charge in [0, 0.05) is 12.6 Å². The second-order valence-corrected chi connectivity index (χ2v) is 6.80. The number of rotatable bonds is 3. The van der Waals surface area contributed by atoms with Crippen molar-refractivity contribution >= 4 is 22.9 Å². The van der Waals surface area contributed by atoms with E-state index >= 15 is 0 Å². The standard InChI is InChI=1S/C16H20N4O2S/c1-11-5-2-3-7-19(11)15(21)10-20-16(22)12(17)9-13(18-20)14-6-4-8-23-14/h4,6,8-9,11H,2-3,5,7,10,17H2,1H3/t11-/m0/s1. The maximum Gasteiger partial charge on any atom is 0.290 e. The number of hydrogen-bond donors (Lipinski definition) is 1. The van der Waals surface area contributed by atoms with Gasteiger partial charge in [-0.15, -0.1) is 11.3 Å². The maximum atomic E-state index is 12.5. The van der Waals surface area contributed by atoms with Crippen LogP contribution in [0, 0.1) is 0 Å². The monoisotopic (exact) mass is 332 g/mol. The zero-order chi connectivity index (χ0) is 16.4. The molecule has 1 fully saturated rings. The van der Waals surface area contributed by atoms with Gasteiger partial charge in [-0.2, -0.15) is 5.10 Å². The molecule has 1 amide bonds. The van der Waals surface area contributed by atoms with E-state index in [4.69, 9.17) is 5.73 Å². The zero-order valence-corrected chi connectivity index (χ0v) is 13.9. The number of anilines is 1. The van der Waals surface area contributed by atoms with Crippen molar-refractivity contribution in [3.05, 3.63) is 33.9 Å². The number of nitrogen functional groups attached to an aromatic ring is 1. The van der Waals surface area contributed by atoms with Crippen molar-refractivity contribution in [2.24, 2.45) is 0 Å². The minimum atomic E-state index is -0.414. The number of carbonyl (C=O) groups is 1. The number of nitrogens with zero attached hydrogens (tertiary/aromatic N) is 3. The number of amides is 1. The summed E-state index contributed by atoms with van der Waals surface area (Å²) < 4.78 is 1.19. The van der Waals surface area contributed by atoms with Gasteiger partial charge >= 0.3 is 0 Å². The lowest BCUT2D eigenvalue weighted by Gasteiger charge is -2.33. The highest BCUT2D eigenvalue weighted by molar-refractivity contribution is 7.13. The Bertz CT molecular complexity index is 754. The number of hydrogen-bond acceptors (Lipinski definition) is 5. The average Bonchev–Trinajstić information content (AvgIpc) is 3.06. The van der Waals surface area contributed by atoms with Crippen molar-refractivity contribution in [1.82, 2.24) is 14.7 Å². The van der Waals surface area contributed by atoms with Crippen LogP contribution in [0.2, 0.25) is 0 Å². The van der Waals surface area contributed by atoms with E-state index in [-0.39, 0.29) is 24.2 Å². The van der Waals surface area contributed by atoms with Crippen LogP contribution in [0.15, 0.2) is 28.4 Å². The lowest BCUT2D eigenvalue weighted by atomic mass is 10.0. The van der Waals surface area contributed by atoms with E-state index < -0.39 is 5.56 Å². The summed E-state index contributed by atoms with van der Waals surface area (Å²) in [5, 5.41) is 6.26. The summed E-state index contributed by atoms with van der Waals surface area (Å²) in [6.45, 7) is 2.73. The number of likely N-dealkylation sites (tertiary alicyclic amines) is 1. The van der Waals surface area contributed by atoms with Crippen molar-refractivity contribution in [1.29, 1.82) is 0 Å². The molecule has 1 aliphatic heterocycles. The highest BCUT2D eigenvalue weighted by atomic mass is 32.1. The van der Waals surface area contributed by atoms with Crippen molar-refractivity contribution < 1.29 is 4.79 Å². The smallest absolute Gasteiger partial charge is 0.290 e. The van der Waals surface area contributed by atoms with Crippen LogP contribution in [0.1, 0.15) is 26.2 Å². The van der Waals surface area contributed by atoms with Gasteiger partial charge in [0.05, 0.1) is 4.88 Å². The molecule has 2 aromatic rings. The molecule has 3 rings (SSSR count). The first-order valence-corrected chi connectivity index (χ1v) is 8.65. The van der Waals surface area contributed by atoms with E-state index in [9.17, 15) is 9.59 Å². The molecule has 0 aliphatic carbocycles. The molecule has 0 saturated carbocycles. The zero-order valence-electron chi connectivity index (χ0n) is 13.1. The van der Waals surface area contributed by atoms with E-state index in [1.807, 2.05) is 29.3 Å². The highest BCUT2D eigenvalue weighted by Gasteiger charge is 2.24. The number of nitrogens with two attached hydrogens (primary N) is 1. The summed E-state index contributed by atoms with van der Waals surface area (Å²) >= 11 is 1.52. The lowest BCUT2D eigenvalue weighted by Crippen LogP contribution is -2.45. The maximum absolute atomic E-state index is 12.5. The third kappa shape index (κ3) is 3.29. The third-order valence-electron chi connectivity index (χ3n) is 4.18. The first-order valence-electron chi connectivity index (χ1n) is 7.77. The van der Waals surface area contributed by atoms with Crippen LogP contribution < -0.4 is 11.3 Å². The molecule has 0 unspecified atom stereocenters. The number of piperidine rings is 1. The molecule has 7 heteroatoms. The van der Waals surface area contributed by atoms with Crippen LogP contribution in [-0.2, 0) is 11.3 Å². The van der Waals surface area contributed by atoms with E-state index in [0.717, 1.165) is 30.7 Å². The number of aromatic nitrogens is 2. The summed E-state index contributed by atoms with van der Waals surface area (Å²) in [5.41, 5.74) is 6.14. The largest absolute Gasteiger partial charge is 0.394 e. The Morgan fingerprint density at radius 3 is 3.00 bits per heavy atom. The van der Waals surface area contributed by atoms with Crippen LogP contribution in [0.4, 0.5) is 5.69 Å². The fraction of sp³-hybridized carbons (Fsp3) is 0.438. The van der Waals surface area contributed by atoms with Gasteiger partial charge < -0.3 is 10.6 Å². The van der Waals surface area contributed by atoms with Crippen LogP contribution in [0.5, 0.6) is 0 Å². The first-order chi connectivity index (χ1) is 11.1. The molecular formula is C16H20N4O2S. The van der Waals surface area contributed by atoms with Crippen molar-refractivity contribution in [2.45, 2.75) is 38.8 Å². The summed E-state index contributed by atoms with van der Waals surface area (Å²) in [4.78, 5) is 27.5. The number of carbonyl (C=O) groups excluding carboxylic acids is 1. The Morgan fingerprint density at radius 2 is 2.30 bits per heavy atom. The predicted molar refractivity (Wildman–Crippen MR) is 91.2 cm³/mol. The molecule has 3 heterocycles. The van der Waals surface area contributed by atoms with Gasteiger partial charge in [-0.05, 0) is 43.7 Å². The van der Waals surface area contributed by atoms with E-state index in [1.165, 1.54) is 16.0 Å². The van der Waals surface area contributed by atoms with Crippen LogP contribution in [-0.4, -0.2) is 33.2 Å². The van der Waals surface area contributed by atoms with Gasteiger partial charge in [-0.25, -0.2) is 4.68 Å². The van der Waals surface area contributed by atoms with E-state index in [0.29, 0.717) is 5.69 Å². The molecule has 1 atom stereocenters. The van der Waals surface area contributed by atoms with Crippen molar-refractivity contribution in [3.63, 3.8) is 0 Å². The summed E-state index contributed by atoms with van der Waals surface area (Å²) in [7, 11) is 0. The Balaban J connectivity index is 1.87. The number of thiophene rings is 1. The van der Waals surface area contributed by atoms with Crippen molar-refractivity contribution in [2.75, 3.05) is 12.3 Å². The average molecular weight is 332 g/mol.